The highest BCUT2D eigenvalue weighted by Crippen LogP contribution is 2.02. The molecule has 20 heavy (non-hydrogen) atoms. The van der Waals surface area contributed by atoms with Gasteiger partial charge in [0, 0.05) is 12.1 Å². The van der Waals surface area contributed by atoms with Crippen LogP contribution in [-0.4, -0.2) is 36.0 Å². The van der Waals surface area contributed by atoms with Crippen LogP contribution in [-0.2, 0) is 9.59 Å². The van der Waals surface area contributed by atoms with E-state index in [-0.39, 0.29) is 19.0 Å². The molecule has 2 amide bonds. The van der Waals surface area contributed by atoms with Gasteiger partial charge in [0.25, 0.3) is 5.91 Å². The lowest BCUT2D eigenvalue weighted by molar-refractivity contribution is -0.141. The molecule has 6 nitrogen and oxygen atoms in total. The Hall–Kier alpha value is -2.37. The van der Waals surface area contributed by atoms with Crippen LogP contribution in [0.5, 0.6) is 0 Å². The number of carbonyl (C=O) groups is 3. The molecule has 6 heteroatoms. The van der Waals surface area contributed by atoms with Crippen LogP contribution in [0.1, 0.15) is 22.8 Å². The smallest absolute Gasteiger partial charge is 0.308 e. The Morgan fingerprint density at radius 1 is 1.15 bits per heavy atom. The zero-order chi connectivity index (χ0) is 15.1. The first-order chi connectivity index (χ1) is 9.40. The third-order valence-electron chi connectivity index (χ3n) is 2.75. The minimum atomic E-state index is -0.978. The number of hydrogen-bond acceptors (Lipinski definition) is 3. The Balaban J connectivity index is 2.35. The summed E-state index contributed by atoms with van der Waals surface area (Å²) in [6.07, 6.45) is 0. The molecule has 1 atom stereocenters. The first kappa shape index (κ1) is 15.7. The van der Waals surface area contributed by atoms with E-state index in [4.69, 9.17) is 5.11 Å². The van der Waals surface area contributed by atoms with Crippen molar-refractivity contribution in [2.75, 3.05) is 13.1 Å². The molecule has 0 saturated heterocycles. The maximum absolute atomic E-state index is 11.7. The number of carboxylic acid groups (broad SMARTS) is 1. The zero-order valence-corrected chi connectivity index (χ0v) is 11.5. The van der Waals surface area contributed by atoms with Crippen LogP contribution in [0.4, 0.5) is 0 Å². The molecule has 3 N–H and O–H groups in total. The Morgan fingerprint density at radius 2 is 1.75 bits per heavy atom. The van der Waals surface area contributed by atoms with E-state index in [2.05, 4.69) is 10.6 Å². The van der Waals surface area contributed by atoms with Gasteiger partial charge < -0.3 is 15.7 Å². The lowest BCUT2D eigenvalue weighted by Gasteiger charge is -2.09. The van der Waals surface area contributed by atoms with Gasteiger partial charge in [0.05, 0.1) is 12.5 Å². The fourth-order valence-corrected chi connectivity index (χ4v) is 1.38. The van der Waals surface area contributed by atoms with Crippen molar-refractivity contribution in [2.45, 2.75) is 13.8 Å². The van der Waals surface area contributed by atoms with Gasteiger partial charge in [-0.3, -0.25) is 14.4 Å². The second-order valence-electron chi connectivity index (χ2n) is 4.59. The highest BCUT2D eigenvalue weighted by Gasteiger charge is 2.12. The Kier molecular flexibility index (Phi) is 5.71. The zero-order valence-electron chi connectivity index (χ0n) is 11.5. The van der Waals surface area contributed by atoms with E-state index in [1.54, 1.807) is 12.1 Å². The third kappa shape index (κ3) is 5.09. The lowest BCUT2D eigenvalue weighted by atomic mass is 10.1. The van der Waals surface area contributed by atoms with Crippen molar-refractivity contribution in [2.24, 2.45) is 5.92 Å². The van der Waals surface area contributed by atoms with Gasteiger partial charge in [-0.25, -0.2) is 0 Å². The predicted molar refractivity (Wildman–Crippen MR) is 73.3 cm³/mol. The Morgan fingerprint density at radius 3 is 2.30 bits per heavy atom. The molecular formula is C14H18N2O4. The number of carbonyl (C=O) groups excluding carboxylic acids is 2. The molecule has 0 aliphatic heterocycles. The summed E-state index contributed by atoms with van der Waals surface area (Å²) in [5, 5.41) is 13.6. The summed E-state index contributed by atoms with van der Waals surface area (Å²) >= 11 is 0. The number of hydrogen-bond donors (Lipinski definition) is 3. The average Bonchev–Trinajstić information content (AvgIpc) is 2.42. The SMILES string of the molecule is Cc1ccc(C(=O)NCC(=O)NCC(C)C(=O)O)cc1. The number of aliphatic carboxylic acids is 1. The molecule has 0 spiro atoms. The van der Waals surface area contributed by atoms with E-state index < -0.39 is 17.8 Å². The van der Waals surface area contributed by atoms with Crippen molar-refractivity contribution in [1.82, 2.24) is 10.6 Å². The minimum Gasteiger partial charge on any atom is -0.481 e. The molecule has 1 unspecified atom stereocenters. The van der Waals surface area contributed by atoms with Crippen LogP contribution < -0.4 is 10.6 Å². The van der Waals surface area contributed by atoms with Gasteiger partial charge in [-0.05, 0) is 19.1 Å². The van der Waals surface area contributed by atoms with E-state index >= 15 is 0 Å². The summed E-state index contributed by atoms with van der Waals surface area (Å²) in [5.41, 5.74) is 1.52. The van der Waals surface area contributed by atoms with Crippen LogP contribution >= 0.6 is 0 Å². The number of benzene rings is 1. The van der Waals surface area contributed by atoms with Crippen LogP contribution in [0.3, 0.4) is 0 Å². The maximum Gasteiger partial charge on any atom is 0.308 e. The van der Waals surface area contributed by atoms with E-state index in [0.29, 0.717) is 5.56 Å². The Bertz CT molecular complexity index is 496. The summed E-state index contributed by atoms with van der Waals surface area (Å²) in [4.78, 5) is 33.7. The normalized spacial score (nSPS) is 11.5. The molecule has 0 radical (unpaired) electrons. The fourth-order valence-electron chi connectivity index (χ4n) is 1.38. The number of rotatable bonds is 6. The topological polar surface area (TPSA) is 95.5 Å². The summed E-state index contributed by atoms with van der Waals surface area (Å²) in [7, 11) is 0. The second kappa shape index (κ2) is 7.28. The van der Waals surface area contributed by atoms with E-state index in [1.807, 2.05) is 19.1 Å². The summed E-state index contributed by atoms with van der Waals surface area (Å²) in [5.74, 6) is -2.40. The summed E-state index contributed by atoms with van der Waals surface area (Å²) in [6, 6.07) is 6.97. The maximum atomic E-state index is 11.7. The summed E-state index contributed by atoms with van der Waals surface area (Å²) < 4.78 is 0. The van der Waals surface area contributed by atoms with Gasteiger partial charge in [-0.1, -0.05) is 24.6 Å². The molecule has 0 fully saturated rings. The second-order valence-corrected chi connectivity index (χ2v) is 4.59. The molecular weight excluding hydrogens is 260 g/mol. The van der Waals surface area contributed by atoms with Gasteiger partial charge in [-0.15, -0.1) is 0 Å². The van der Waals surface area contributed by atoms with Crippen molar-refractivity contribution in [3.05, 3.63) is 35.4 Å². The van der Waals surface area contributed by atoms with Crippen LogP contribution in [0.2, 0.25) is 0 Å². The van der Waals surface area contributed by atoms with E-state index in [9.17, 15) is 14.4 Å². The number of aryl methyl sites for hydroxylation is 1. The van der Waals surface area contributed by atoms with Gasteiger partial charge in [0.15, 0.2) is 0 Å². The molecule has 1 aromatic carbocycles. The van der Waals surface area contributed by atoms with Gasteiger partial charge in [0.1, 0.15) is 0 Å². The van der Waals surface area contributed by atoms with Crippen LogP contribution in [0.15, 0.2) is 24.3 Å². The van der Waals surface area contributed by atoms with Gasteiger partial charge >= 0.3 is 5.97 Å². The van der Waals surface area contributed by atoms with E-state index in [1.165, 1.54) is 6.92 Å². The van der Waals surface area contributed by atoms with Crippen LogP contribution in [0.25, 0.3) is 0 Å². The number of nitrogens with one attached hydrogen (secondary N) is 2. The minimum absolute atomic E-state index is 0.0363. The standard InChI is InChI=1S/C14H18N2O4/c1-9-3-5-11(6-4-9)13(18)16-8-12(17)15-7-10(2)14(19)20/h3-6,10H,7-8H2,1-2H3,(H,15,17)(H,16,18)(H,19,20). The Labute approximate surface area is 117 Å². The van der Waals surface area contributed by atoms with E-state index in [0.717, 1.165) is 5.56 Å². The monoisotopic (exact) mass is 278 g/mol. The van der Waals surface area contributed by atoms with Crippen molar-refractivity contribution < 1.29 is 19.5 Å². The van der Waals surface area contributed by atoms with Gasteiger partial charge in [0.2, 0.25) is 5.91 Å². The summed E-state index contributed by atoms with van der Waals surface area (Å²) in [6.45, 7) is 3.26. The molecule has 0 aliphatic carbocycles. The third-order valence-corrected chi connectivity index (χ3v) is 2.75. The molecule has 0 saturated carbocycles. The highest BCUT2D eigenvalue weighted by molar-refractivity contribution is 5.96. The largest absolute Gasteiger partial charge is 0.481 e. The highest BCUT2D eigenvalue weighted by atomic mass is 16.4. The molecule has 1 aromatic rings. The number of carboxylic acids is 1. The quantitative estimate of drug-likeness (QED) is 0.708. The van der Waals surface area contributed by atoms with Crippen molar-refractivity contribution >= 4 is 17.8 Å². The first-order valence-electron chi connectivity index (χ1n) is 6.24. The molecule has 1 rings (SSSR count). The predicted octanol–water partition coefficient (Wildman–Crippen LogP) is 0.562. The van der Waals surface area contributed by atoms with Crippen molar-refractivity contribution in [1.29, 1.82) is 0 Å². The molecule has 0 bridgehead atoms. The molecule has 0 heterocycles. The first-order valence-corrected chi connectivity index (χ1v) is 6.24. The lowest BCUT2D eigenvalue weighted by Crippen LogP contribution is -2.39. The van der Waals surface area contributed by atoms with Crippen molar-refractivity contribution in [3.63, 3.8) is 0 Å². The molecule has 108 valence electrons. The molecule has 0 aromatic heterocycles. The fraction of sp³-hybridized carbons (Fsp3) is 0.357. The average molecular weight is 278 g/mol. The van der Waals surface area contributed by atoms with Gasteiger partial charge in [-0.2, -0.15) is 0 Å². The molecule has 0 aliphatic rings. The number of amides is 2. The van der Waals surface area contributed by atoms with Crippen LogP contribution in [0, 0.1) is 12.8 Å². The van der Waals surface area contributed by atoms with Crippen molar-refractivity contribution in [3.8, 4) is 0 Å².